The van der Waals surface area contributed by atoms with Gasteiger partial charge < -0.3 is 4.90 Å². The van der Waals surface area contributed by atoms with Gasteiger partial charge in [-0.2, -0.15) is 10.5 Å². The van der Waals surface area contributed by atoms with Crippen molar-refractivity contribution in [3.63, 3.8) is 0 Å². The van der Waals surface area contributed by atoms with Gasteiger partial charge in [-0.05, 0) is 31.0 Å². The molecule has 122 valence electrons. The van der Waals surface area contributed by atoms with E-state index in [4.69, 9.17) is 5.26 Å². The third-order valence-electron chi connectivity index (χ3n) is 4.42. The predicted octanol–water partition coefficient (Wildman–Crippen LogP) is 4.27. The van der Waals surface area contributed by atoms with E-state index in [2.05, 4.69) is 36.2 Å². The van der Waals surface area contributed by atoms with Gasteiger partial charge in [-0.1, -0.05) is 60.7 Å². The highest BCUT2D eigenvalue weighted by atomic mass is 15.1. The molecule has 2 rings (SSSR count). The minimum atomic E-state index is -0.595. The van der Waals surface area contributed by atoms with Crippen molar-refractivity contribution < 1.29 is 0 Å². The zero-order chi connectivity index (χ0) is 17.3. The molecule has 3 heteroatoms. The largest absolute Gasteiger partial charge is 0.302 e. The molecule has 0 bridgehead atoms. The minimum Gasteiger partial charge on any atom is -0.302 e. The third kappa shape index (κ3) is 4.69. The summed E-state index contributed by atoms with van der Waals surface area (Å²) in [5.74, 6) is 0. The molecule has 0 heterocycles. The molecule has 1 atom stereocenters. The first kappa shape index (κ1) is 17.7. The molecule has 2 aromatic rings. The van der Waals surface area contributed by atoms with E-state index < -0.39 is 5.41 Å². The van der Waals surface area contributed by atoms with Crippen molar-refractivity contribution >= 4 is 0 Å². The predicted molar refractivity (Wildman–Crippen MR) is 96.0 cm³/mol. The highest BCUT2D eigenvalue weighted by molar-refractivity contribution is 5.32. The summed E-state index contributed by atoms with van der Waals surface area (Å²) in [6, 6.07) is 24.9. The second-order valence-corrected chi connectivity index (χ2v) is 6.19. The number of hydrogen-bond donors (Lipinski definition) is 0. The first-order valence-electron chi connectivity index (χ1n) is 8.26. The van der Waals surface area contributed by atoms with E-state index in [0.717, 1.165) is 25.1 Å². The van der Waals surface area contributed by atoms with Gasteiger partial charge >= 0.3 is 0 Å². The molecule has 0 aliphatic rings. The molecule has 2 aromatic carbocycles. The molecular formula is C21H23N3. The van der Waals surface area contributed by atoms with Crippen molar-refractivity contribution in [2.45, 2.75) is 31.2 Å². The smallest absolute Gasteiger partial charge is 0.0844 e. The summed E-state index contributed by atoms with van der Waals surface area (Å²) in [5.41, 5.74) is 1.68. The van der Waals surface area contributed by atoms with Gasteiger partial charge in [-0.15, -0.1) is 0 Å². The van der Waals surface area contributed by atoms with Crippen molar-refractivity contribution in [2.75, 3.05) is 13.6 Å². The molecule has 0 radical (unpaired) electrons. The number of benzene rings is 2. The van der Waals surface area contributed by atoms with Crippen molar-refractivity contribution in [3.05, 3.63) is 71.8 Å². The van der Waals surface area contributed by atoms with Crippen LogP contribution >= 0.6 is 0 Å². The van der Waals surface area contributed by atoms with Gasteiger partial charge in [0.25, 0.3) is 0 Å². The average molecular weight is 317 g/mol. The van der Waals surface area contributed by atoms with Crippen LogP contribution in [0.1, 0.15) is 30.4 Å². The number of hydrogen-bond acceptors (Lipinski definition) is 3. The Labute approximate surface area is 144 Å². The van der Waals surface area contributed by atoms with Gasteiger partial charge in [-0.3, -0.25) is 0 Å². The zero-order valence-electron chi connectivity index (χ0n) is 14.2. The first-order valence-corrected chi connectivity index (χ1v) is 8.26. The highest BCUT2D eigenvalue weighted by Gasteiger charge is 2.31. The zero-order valence-corrected chi connectivity index (χ0v) is 14.2. The summed E-state index contributed by atoms with van der Waals surface area (Å²) in [4.78, 5) is 2.23. The SMILES string of the molecule is CN(CCC(C#N)(CCC#N)c1ccccc1)Cc1ccccc1. The van der Waals surface area contributed by atoms with Crippen LogP contribution in [0.3, 0.4) is 0 Å². The molecule has 24 heavy (non-hydrogen) atoms. The Balaban J connectivity index is 2.08. The van der Waals surface area contributed by atoms with E-state index in [1.807, 2.05) is 48.5 Å². The standard InChI is InChI=1S/C21H23N3/c1-24(17-19-9-4-2-5-10-19)16-14-21(18-23,13-8-15-22)20-11-6-3-7-12-20/h2-7,9-12H,8,13-14,16-17H2,1H3. The van der Waals surface area contributed by atoms with Gasteiger partial charge in [-0.25, -0.2) is 0 Å². The van der Waals surface area contributed by atoms with Crippen molar-refractivity contribution in [1.82, 2.24) is 4.90 Å². The minimum absolute atomic E-state index is 0.394. The summed E-state index contributed by atoms with van der Waals surface area (Å²) >= 11 is 0. The summed E-state index contributed by atoms with van der Waals surface area (Å²) in [6.07, 6.45) is 1.69. The lowest BCUT2D eigenvalue weighted by molar-refractivity contribution is 0.289. The lowest BCUT2D eigenvalue weighted by Crippen LogP contribution is -2.30. The van der Waals surface area contributed by atoms with E-state index in [-0.39, 0.29) is 0 Å². The third-order valence-corrected chi connectivity index (χ3v) is 4.42. The van der Waals surface area contributed by atoms with Crippen LogP contribution in [0.4, 0.5) is 0 Å². The maximum Gasteiger partial charge on any atom is 0.0844 e. The quantitative estimate of drug-likeness (QED) is 0.730. The lowest BCUT2D eigenvalue weighted by Gasteiger charge is -2.29. The molecule has 0 aromatic heterocycles. The normalized spacial score (nSPS) is 13.0. The number of rotatable bonds is 8. The van der Waals surface area contributed by atoms with Crippen LogP contribution in [0.2, 0.25) is 0 Å². The molecule has 0 saturated heterocycles. The Morgan fingerprint density at radius 1 is 0.917 bits per heavy atom. The molecule has 0 N–H and O–H groups in total. The fourth-order valence-corrected chi connectivity index (χ4v) is 2.97. The Morgan fingerprint density at radius 2 is 1.54 bits per heavy atom. The Hall–Kier alpha value is -2.62. The van der Waals surface area contributed by atoms with Gasteiger partial charge in [0.2, 0.25) is 0 Å². The molecule has 0 fully saturated rings. The number of nitrogens with zero attached hydrogens (tertiary/aromatic N) is 3. The van der Waals surface area contributed by atoms with E-state index in [1.54, 1.807) is 0 Å². The van der Waals surface area contributed by atoms with Crippen LogP contribution in [0.5, 0.6) is 0 Å². The Kier molecular flexibility index (Phi) is 6.55. The van der Waals surface area contributed by atoms with Crippen LogP contribution in [-0.2, 0) is 12.0 Å². The van der Waals surface area contributed by atoms with E-state index >= 15 is 0 Å². The summed E-state index contributed by atoms with van der Waals surface area (Å²) in [7, 11) is 2.07. The molecule has 0 saturated carbocycles. The van der Waals surface area contributed by atoms with Gasteiger partial charge in [0, 0.05) is 19.5 Å². The van der Waals surface area contributed by atoms with E-state index in [9.17, 15) is 5.26 Å². The molecule has 0 aliphatic heterocycles. The molecular weight excluding hydrogens is 294 g/mol. The molecule has 0 amide bonds. The second-order valence-electron chi connectivity index (χ2n) is 6.19. The maximum atomic E-state index is 9.88. The van der Waals surface area contributed by atoms with E-state index in [1.165, 1.54) is 5.56 Å². The second kappa shape index (κ2) is 8.87. The topological polar surface area (TPSA) is 50.8 Å². The van der Waals surface area contributed by atoms with Crippen molar-refractivity contribution in [1.29, 1.82) is 10.5 Å². The monoisotopic (exact) mass is 317 g/mol. The summed E-state index contributed by atoms with van der Waals surface area (Å²) in [5, 5.41) is 18.9. The van der Waals surface area contributed by atoms with Gasteiger partial charge in [0.1, 0.15) is 0 Å². The Bertz CT molecular complexity index is 697. The van der Waals surface area contributed by atoms with Gasteiger partial charge in [0.15, 0.2) is 0 Å². The van der Waals surface area contributed by atoms with Crippen LogP contribution < -0.4 is 0 Å². The fraction of sp³-hybridized carbons (Fsp3) is 0.333. The van der Waals surface area contributed by atoms with Crippen LogP contribution in [0.15, 0.2) is 60.7 Å². The van der Waals surface area contributed by atoms with Crippen LogP contribution in [0, 0.1) is 22.7 Å². The Morgan fingerprint density at radius 3 is 2.12 bits per heavy atom. The van der Waals surface area contributed by atoms with E-state index in [0.29, 0.717) is 12.8 Å². The highest BCUT2D eigenvalue weighted by Crippen LogP contribution is 2.32. The van der Waals surface area contributed by atoms with Crippen molar-refractivity contribution in [2.24, 2.45) is 0 Å². The lowest BCUT2D eigenvalue weighted by atomic mass is 9.75. The maximum absolute atomic E-state index is 9.88. The first-order chi connectivity index (χ1) is 11.7. The molecule has 3 nitrogen and oxygen atoms in total. The fourth-order valence-electron chi connectivity index (χ4n) is 2.97. The van der Waals surface area contributed by atoms with Crippen LogP contribution in [0.25, 0.3) is 0 Å². The molecule has 1 unspecified atom stereocenters. The number of nitriles is 2. The van der Waals surface area contributed by atoms with Crippen molar-refractivity contribution in [3.8, 4) is 12.1 Å². The van der Waals surface area contributed by atoms with Gasteiger partial charge in [0.05, 0.1) is 17.6 Å². The van der Waals surface area contributed by atoms with Crippen LogP contribution in [-0.4, -0.2) is 18.5 Å². The summed E-state index contributed by atoms with van der Waals surface area (Å²) in [6.45, 7) is 1.66. The summed E-state index contributed by atoms with van der Waals surface area (Å²) < 4.78 is 0. The molecule has 0 spiro atoms. The molecule has 0 aliphatic carbocycles. The average Bonchev–Trinajstić information content (AvgIpc) is 2.64.